The van der Waals surface area contributed by atoms with E-state index in [1.165, 1.54) is 0 Å². The van der Waals surface area contributed by atoms with E-state index in [-0.39, 0.29) is 23.7 Å². The molecule has 3 heteroatoms. The second kappa shape index (κ2) is 3.03. The normalized spacial score (nSPS) is 23.9. The zero-order valence-electron chi connectivity index (χ0n) is 6.89. The number of ketones is 1. The summed E-state index contributed by atoms with van der Waals surface area (Å²) >= 11 is 0. The van der Waals surface area contributed by atoms with Gasteiger partial charge >= 0.3 is 0 Å². The number of hydrogen-bond acceptors (Lipinski definition) is 2. The standard InChI is InChI=1S/C8H13NO2/c1-5(2)8(11)6-3-4-7(10)9-6/h5-6H,3-4H2,1-2H3,(H,9,10)/t6-/m1/s1. The van der Waals surface area contributed by atoms with Crippen molar-refractivity contribution in [3.05, 3.63) is 0 Å². The molecule has 0 radical (unpaired) electrons. The highest BCUT2D eigenvalue weighted by molar-refractivity contribution is 5.92. The predicted molar refractivity (Wildman–Crippen MR) is 41.0 cm³/mol. The van der Waals surface area contributed by atoms with Gasteiger partial charge in [-0.05, 0) is 6.42 Å². The largest absolute Gasteiger partial charge is 0.346 e. The Morgan fingerprint density at radius 2 is 2.27 bits per heavy atom. The van der Waals surface area contributed by atoms with Gasteiger partial charge in [0.1, 0.15) is 0 Å². The molecule has 1 heterocycles. The molecule has 62 valence electrons. The predicted octanol–water partition coefficient (Wildman–Crippen LogP) is 0.490. The first-order chi connectivity index (χ1) is 5.11. The van der Waals surface area contributed by atoms with E-state index >= 15 is 0 Å². The molecule has 1 saturated heterocycles. The van der Waals surface area contributed by atoms with E-state index in [9.17, 15) is 9.59 Å². The van der Waals surface area contributed by atoms with E-state index in [4.69, 9.17) is 0 Å². The molecule has 1 aliphatic rings. The summed E-state index contributed by atoms with van der Waals surface area (Å²) in [6, 6.07) is -0.206. The van der Waals surface area contributed by atoms with E-state index in [1.807, 2.05) is 13.8 Å². The zero-order valence-corrected chi connectivity index (χ0v) is 6.89. The van der Waals surface area contributed by atoms with Gasteiger partial charge in [0.2, 0.25) is 5.91 Å². The maximum Gasteiger partial charge on any atom is 0.220 e. The molecule has 0 aromatic carbocycles. The molecule has 0 aromatic heterocycles. The van der Waals surface area contributed by atoms with Crippen LogP contribution in [0, 0.1) is 5.92 Å². The Morgan fingerprint density at radius 1 is 1.64 bits per heavy atom. The first kappa shape index (κ1) is 8.24. The number of hydrogen-bond donors (Lipinski definition) is 1. The number of carbonyl (C=O) groups excluding carboxylic acids is 2. The number of Topliss-reactive ketones (excluding diaryl/α,β-unsaturated/α-hetero) is 1. The molecule has 1 rings (SSSR count). The molecule has 0 unspecified atom stereocenters. The second-order valence-corrected chi connectivity index (χ2v) is 3.22. The Morgan fingerprint density at radius 3 is 2.64 bits per heavy atom. The van der Waals surface area contributed by atoms with Crippen LogP contribution >= 0.6 is 0 Å². The minimum Gasteiger partial charge on any atom is -0.346 e. The lowest BCUT2D eigenvalue weighted by atomic mass is 10.0. The lowest BCUT2D eigenvalue weighted by molar-refractivity contribution is -0.126. The number of rotatable bonds is 2. The van der Waals surface area contributed by atoms with Gasteiger partial charge in [0.15, 0.2) is 5.78 Å². The minimum absolute atomic E-state index is 0.00370. The monoisotopic (exact) mass is 155 g/mol. The molecule has 0 spiro atoms. The van der Waals surface area contributed by atoms with E-state index in [0.29, 0.717) is 12.8 Å². The summed E-state index contributed by atoms with van der Waals surface area (Å²) in [6.07, 6.45) is 1.18. The molecule has 0 aliphatic carbocycles. The van der Waals surface area contributed by atoms with E-state index in [2.05, 4.69) is 5.32 Å². The van der Waals surface area contributed by atoms with Crippen LogP contribution < -0.4 is 5.32 Å². The molecule has 0 saturated carbocycles. The van der Waals surface area contributed by atoms with Crippen LogP contribution in [0.25, 0.3) is 0 Å². The van der Waals surface area contributed by atoms with Crippen LogP contribution in [0.15, 0.2) is 0 Å². The molecule has 11 heavy (non-hydrogen) atoms. The summed E-state index contributed by atoms with van der Waals surface area (Å²) in [6.45, 7) is 3.71. The second-order valence-electron chi connectivity index (χ2n) is 3.22. The van der Waals surface area contributed by atoms with Gasteiger partial charge in [-0.15, -0.1) is 0 Å². The molecule has 1 fully saturated rings. The molecule has 0 bridgehead atoms. The van der Waals surface area contributed by atoms with Crippen molar-refractivity contribution in [2.75, 3.05) is 0 Å². The maximum absolute atomic E-state index is 11.3. The van der Waals surface area contributed by atoms with Gasteiger partial charge < -0.3 is 5.32 Å². The van der Waals surface area contributed by atoms with Crippen molar-refractivity contribution in [3.63, 3.8) is 0 Å². The van der Waals surface area contributed by atoms with Crippen LogP contribution in [0.4, 0.5) is 0 Å². The van der Waals surface area contributed by atoms with Crippen molar-refractivity contribution in [2.24, 2.45) is 5.92 Å². The molecule has 1 amide bonds. The number of amides is 1. The van der Waals surface area contributed by atoms with Gasteiger partial charge in [0, 0.05) is 12.3 Å². The molecule has 1 N–H and O–H groups in total. The molecule has 3 nitrogen and oxygen atoms in total. The topological polar surface area (TPSA) is 46.2 Å². The summed E-state index contributed by atoms with van der Waals surface area (Å²) in [5.41, 5.74) is 0. The van der Waals surface area contributed by atoms with E-state index in [1.54, 1.807) is 0 Å². The van der Waals surface area contributed by atoms with Gasteiger partial charge in [-0.1, -0.05) is 13.8 Å². The fraction of sp³-hybridized carbons (Fsp3) is 0.750. The van der Waals surface area contributed by atoms with E-state index < -0.39 is 0 Å². The highest BCUT2D eigenvalue weighted by atomic mass is 16.2. The van der Waals surface area contributed by atoms with Crippen molar-refractivity contribution in [2.45, 2.75) is 32.7 Å². The highest BCUT2D eigenvalue weighted by Gasteiger charge is 2.28. The van der Waals surface area contributed by atoms with Crippen molar-refractivity contribution < 1.29 is 9.59 Å². The van der Waals surface area contributed by atoms with Crippen molar-refractivity contribution in [1.82, 2.24) is 5.32 Å². The quantitative estimate of drug-likeness (QED) is 0.630. The SMILES string of the molecule is CC(C)C(=O)[C@H]1CCC(=O)N1. The summed E-state index contributed by atoms with van der Waals surface area (Å²) < 4.78 is 0. The fourth-order valence-electron chi connectivity index (χ4n) is 1.23. The third kappa shape index (κ3) is 1.79. The smallest absolute Gasteiger partial charge is 0.220 e. The maximum atomic E-state index is 11.3. The first-order valence-corrected chi connectivity index (χ1v) is 3.94. The average molecular weight is 155 g/mol. The Balaban J connectivity index is 2.50. The van der Waals surface area contributed by atoms with Crippen LogP contribution in [0.3, 0.4) is 0 Å². The highest BCUT2D eigenvalue weighted by Crippen LogP contribution is 2.11. The minimum atomic E-state index is -0.206. The lowest BCUT2D eigenvalue weighted by Gasteiger charge is -2.10. The van der Waals surface area contributed by atoms with Crippen LogP contribution in [0.2, 0.25) is 0 Å². The van der Waals surface area contributed by atoms with Gasteiger partial charge in [-0.25, -0.2) is 0 Å². The van der Waals surface area contributed by atoms with Gasteiger partial charge in [-0.3, -0.25) is 9.59 Å². The van der Waals surface area contributed by atoms with Crippen molar-refractivity contribution >= 4 is 11.7 Å². The number of carbonyl (C=O) groups is 2. The van der Waals surface area contributed by atoms with Crippen LogP contribution in [0.1, 0.15) is 26.7 Å². The molecule has 1 atom stereocenters. The van der Waals surface area contributed by atoms with Crippen molar-refractivity contribution in [1.29, 1.82) is 0 Å². The summed E-state index contributed by atoms with van der Waals surface area (Å²) in [7, 11) is 0. The molecular weight excluding hydrogens is 142 g/mol. The Kier molecular flexibility index (Phi) is 2.27. The van der Waals surface area contributed by atoms with Gasteiger partial charge in [0.05, 0.1) is 6.04 Å². The summed E-state index contributed by atoms with van der Waals surface area (Å²) in [5, 5.41) is 2.65. The van der Waals surface area contributed by atoms with Gasteiger partial charge in [-0.2, -0.15) is 0 Å². The third-order valence-electron chi connectivity index (χ3n) is 1.91. The van der Waals surface area contributed by atoms with Crippen LogP contribution in [-0.4, -0.2) is 17.7 Å². The Labute approximate surface area is 66.2 Å². The summed E-state index contributed by atoms with van der Waals surface area (Å²) in [4.78, 5) is 22.0. The first-order valence-electron chi connectivity index (χ1n) is 3.94. The number of nitrogens with one attached hydrogen (secondary N) is 1. The van der Waals surface area contributed by atoms with Crippen LogP contribution in [0.5, 0.6) is 0 Å². The Bertz CT molecular complexity index is 187. The molecule has 1 aliphatic heterocycles. The fourth-order valence-corrected chi connectivity index (χ4v) is 1.23. The summed E-state index contributed by atoms with van der Waals surface area (Å²) in [5.74, 6) is 0.179. The zero-order chi connectivity index (χ0) is 8.43. The van der Waals surface area contributed by atoms with Gasteiger partial charge in [0.25, 0.3) is 0 Å². The molecule has 0 aromatic rings. The average Bonchev–Trinajstić information content (AvgIpc) is 2.34. The van der Waals surface area contributed by atoms with Crippen molar-refractivity contribution in [3.8, 4) is 0 Å². The Hall–Kier alpha value is -0.860. The third-order valence-corrected chi connectivity index (χ3v) is 1.91. The molecular formula is C8H13NO2. The lowest BCUT2D eigenvalue weighted by Crippen LogP contribution is -2.35. The van der Waals surface area contributed by atoms with Crippen LogP contribution in [-0.2, 0) is 9.59 Å². The van der Waals surface area contributed by atoms with E-state index in [0.717, 1.165) is 0 Å².